The lowest BCUT2D eigenvalue weighted by Gasteiger charge is -2.30. The van der Waals surface area contributed by atoms with Gasteiger partial charge in [-0.15, -0.1) is 0 Å². The summed E-state index contributed by atoms with van der Waals surface area (Å²) >= 11 is 3.93. The quantitative estimate of drug-likeness (QED) is 0.157. The highest BCUT2D eigenvalue weighted by molar-refractivity contribution is 7.80. The number of carbonyl (C=O) groups excluding carboxylic acids is 4. The molecule has 12 heteroatoms. The largest absolute Gasteiger partial charge is 0.480 e. The van der Waals surface area contributed by atoms with Crippen LogP contribution in [0, 0.1) is 23.7 Å². The molecule has 0 saturated heterocycles. The van der Waals surface area contributed by atoms with Gasteiger partial charge in [0, 0.05) is 5.75 Å². The first kappa shape index (κ1) is 32.7. The maximum absolute atomic E-state index is 13.1. The Bertz CT molecular complexity index is 759. The van der Waals surface area contributed by atoms with Crippen LogP contribution in [0.15, 0.2) is 0 Å². The summed E-state index contributed by atoms with van der Waals surface area (Å²) in [4.78, 5) is 62.5. The molecule has 0 rings (SSSR count). The van der Waals surface area contributed by atoms with E-state index in [0.717, 1.165) is 0 Å². The van der Waals surface area contributed by atoms with E-state index < -0.39 is 59.8 Å². The van der Waals surface area contributed by atoms with Crippen molar-refractivity contribution in [1.29, 1.82) is 0 Å². The van der Waals surface area contributed by atoms with Crippen LogP contribution >= 0.6 is 12.6 Å². The number of carboxylic acids is 1. The maximum Gasteiger partial charge on any atom is 0.327 e. The number of amides is 4. The Kier molecular flexibility index (Phi) is 13.9. The molecular weight excluding hydrogens is 474 g/mol. The third-order valence-electron chi connectivity index (χ3n) is 5.56. The molecule has 0 aromatic rings. The fourth-order valence-electron chi connectivity index (χ4n) is 3.09. The lowest BCUT2D eigenvalue weighted by atomic mass is 9.97. The van der Waals surface area contributed by atoms with Crippen molar-refractivity contribution in [2.45, 2.75) is 85.6 Å². The molecule has 0 aliphatic carbocycles. The summed E-state index contributed by atoms with van der Waals surface area (Å²) in [5.74, 6) is -4.76. The van der Waals surface area contributed by atoms with Crippen LogP contribution < -0.4 is 27.0 Å². The molecule has 0 heterocycles. The van der Waals surface area contributed by atoms with Gasteiger partial charge < -0.3 is 32.1 Å². The van der Waals surface area contributed by atoms with E-state index in [4.69, 9.17) is 5.73 Å². The van der Waals surface area contributed by atoms with E-state index in [2.05, 4.69) is 33.9 Å². The number of rotatable bonds is 14. The highest BCUT2D eigenvalue weighted by Crippen LogP contribution is 2.10. The van der Waals surface area contributed by atoms with Crippen molar-refractivity contribution in [2.75, 3.05) is 5.75 Å². The molecule has 4 amide bonds. The van der Waals surface area contributed by atoms with Gasteiger partial charge in [0.1, 0.15) is 24.2 Å². The average molecular weight is 518 g/mol. The Balaban J connectivity index is 5.58. The minimum atomic E-state index is -1.24. The molecule has 7 N–H and O–H groups in total. The summed E-state index contributed by atoms with van der Waals surface area (Å²) < 4.78 is 0. The fourth-order valence-corrected chi connectivity index (χ4v) is 3.34. The van der Waals surface area contributed by atoms with Gasteiger partial charge >= 0.3 is 5.97 Å². The number of hydrogen-bond donors (Lipinski definition) is 7. The lowest BCUT2D eigenvalue weighted by molar-refractivity contribution is -0.142. The van der Waals surface area contributed by atoms with Crippen molar-refractivity contribution in [3.05, 3.63) is 0 Å². The Morgan fingerprint density at radius 2 is 0.943 bits per heavy atom. The van der Waals surface area contributed by atoms with Crippen LogP contribution in [0.2, 0.25) is 0 Å². The zero-order chi connectivity index (χ0) is 27.6. The Morgan fingerprint density at radius 1 is 0.629 bits per heavy atom. The third-order valence-corrected chi connectivity index (χ3v) is 5.92. The van der Waals surface area contributed by atoms with Crippen molar-refractivity contribution >= 4 is 42.2 Å². The first-order chi connectivity index (χ1) is 16.0. The Hall–Kier alpha value is -2.34. The SMILES string of the molecule is CC(C)[C@H](N)C(=O)N[C@H](C(=O)N[C@H](C(=O)N[C@H](C(=O)N[C@@H](CS)C(=O)O)C(C)C)C(C)C)C(C)C. The van der Waals surface area contributed by atoms with Gasteiger partial charge in [-0.1, -0.05) is 55.4 Å². The Morgan fingerprint density at radius 3 is 1.20 bits per heavy atom. The zero-order valence-corrected chi connectivity index (χ0v) is 22.8. The van der Waals surface area contributed by atoms with E-state index in [1.165, 1.54) is 0 Å². The normalized spacial score (nSPS) is 15.8. The molecule has 0 aromatic heterocycles. The molecule has 5 atom stereocenters. The first-order valence-corrected chi connectivity index (χ1v) is 12.5. The first-order valence-electron chi connectivity index (χ1n) is 11.9. The van der Waals surface area contributed by atoms with Crippen LogP contribution in [0.5, 0.6) is 0 Å². The van der Waals surface area contributed by atoms with E-state index in [-0.39, 0.29) is 29.4 Å². The van der Waals surface area contributed by atoms with Crippen LogP contribution in [0.3, 0.4) is 0 Å². The second kappa shape index (κ2) is 14.9. The molecule has 0 aliphatic heterocycles. The van der Waals surface area contributed by atoms with E-state index in [1.807, 2.05) is 0 Å². The van der Waals surface area contributed by atoms with Gasteiger partial charge in [0.15, 0.2) is 0 Å². The second-order valence-corrected chi connectivity index (χ2v) is 10.4. The van der Waals surface area contributed by atoms with Gasteiger partial charge in [0.05, 0.1) is 6.04 Å². The molecule has 202 valence electrons. The summed E-state index contributed by atoms with van der Waals surface area (Å²) in [7, 11) is 0. The highest BCUT2D eigenvalue weighted by atomic mass is 32.1. The third kappa shape index (κ3) is 10.4. The van der Waals surface area contributed by atoms with Crippen LogP contribution in [-0.2, 0) is 24.0 Å². The number of aliphatic carboxylic acids is 1. The molecule has 0 spiro atoms. The molecule has 0 unspecified atom stereocenters. The highest BCUT2D eigenvalue weighted by Gasteiger charge is 2.34. The minimum Gasteiger partial charge on any atom is -0.480 e. The number of nitrogens with one attached hydrogen (secondary N) is 4. The molecule has 0 fully saturated rings. The van der Waals surface area contributed by atoms with Crippen molar-refractivity contribution in [2.24, 2.45) is 29.4 Å². The predicted octanol–water partition coefficient (Wildman–Crippen LogP) is -0.109. The standard InChI is InChI=1S/C23H43N5O6S/c1-10(2)15(24)19(29)26-17(12(5)6)21(31)28-18(13(7)8)22(32)27-16(11(3)4)20(30)25-14(9-35)23(33)34/h10-18,35H,9,24H2,1-8H3,(H,25,30)(H,26,29)(H,27,32)(H,28,31)(H,33,34)/t14-,15-,16-,17-,18-/m0/s1. The summed E-state index contributed by atoms with van der Waals surface area (Å²) in [5, 5.41) is 19.5. The van der Waals surface area contributed by atoms with Crippen LogP contribution in [0.1, 0.15) is 55.4 Å². The molecule has 35 heavy (non-hydrogen) atoms. The summed E-state index contributed by atoms with van der Waals surface area (Å²) in [6.07, 6.45) is 0. The zero-order valence-electron chi connectivity index (χ0n) is 21.9. The Labute approximate surface area is 213 Å². The topological polar surface area (TPSA) is 180 Å². The summed E-state index contributed by atoms with van der Waals surface area (Å²) in [6, 6.07) is -4.96. The van der Waals surface area contributed by atoms with Crippen molar-refractivity contribution < 1.29 is 29.1 Å². The number of thiol groups is 1. The number of carboxylic acid groups (broad SMARTS) is 1. The summed E-state index contributed by atoms with van der Waals surface area (Å²) in [6.45, 7) is 14.0. The average Bonchev–Trinajstić information content (AvgIpc) is 2.75. The minimum absolute atomic E-state index is 0.118. The molecule has 0 bridgehead atoms. The predicted molar refractivity (Wildman–Crippen MR) is 137 cm³/mol. The molecule has 0 aromatic carbocycles. The van der Waals surface area contributed by atoms with Gasteiger partial charge in [-0.2, -0.15) is 12.6 Å². The molecule has 0 radical (unpaired) electrons. The van der Waals surface area contributed by atoms with Crippen LogP contribution in [0.25, 0.3) is 0 Å². The van der Waals surface area contributed by atoms with E-state index in [0.29, 0.717) is 0 Å². The van der Waals surface area contributed by atoms with Gasteiger partial charge in [0.2, 0.25) is 23.6 Å². The smallest absolute Gasteiger partial charge is 0.327 e. The van der Waals surface area contributed by atoms with Crippen molar-refractivity contribution in [1.82, 2.24) is 21.3 Å². The van der Waals surface area contributed by atoms with Gasteiger partial charge in [-0.25, -0.2) is 4.79 Å². The van der Waals surface area contributed by atoms with E-state index in [1.54, 1.807) is 55.4 Å². The second-order valence-electron chi connectivity index (χ2n) is 10.0. The molecule has 0 saturated carbocycles. The van der Waals surface area contributed by atoms with E-state index in [9.17, 15) is 29.1 Å². The van der Waals surface area contributed by atoms with Gasteiger partial charge in [0.25, 0.3) is 0 Å². The maximum atomic E-state index is 13.1. The van der Waals surface area contributed by atoms with Gasteiger partial charge in [-0.05, 0) is 23.7 Å². The van der Waals surface area contributed by atoms with Gasteiger partial charge in [-0.3, -0.25) is 19.2 Å². The fraction of sp³-hybridized carbons (Fsp3) is 0.783. The van der Waals surface area contributed by atoms with E-state index >= 15 is 0 Å². The van der Waals surface area contributed by atoms with Crippen LogP contribution in [0.4, 0.5) is 0 Å². The molecular formula is C23H43N5O6S. The number of nitrogens with two attached hydrogens (primary N) is 1. The summed E-state index contributed by atoms with van der Waals surface area (Å²) in [5.41, 5.74) is 5.89. The van der Waals surface area contributed by atoms with Crippen molar-refractivity contribution in [3.8, 4) is 0 Å². The monoisotopic (exact) mass is 517 g/mol. The molecule has 11 nitrogen and oxygen atoms in total. The number of hydrogen-bond acceptors (Lipinski definition) is 7. The van der Waals surface area contributed by atoms with Crippen molar-refractivity contribution in [3.63, 3.8) is 0 Å². The lowest BCUT2D eigenvalue weighted by Crippen LogP contribution is -2.61. The van der Waals surface area contributed by atoms with Crippen LogP contribution in [-0.4, -0.2) is 70.7 Å². The number of carbonyl (C=O) groups is 5. The molecule has 0 aliphatic rings.